The molecule has 2 N–H and O–H groups in total. The minimum absolute atomic E-state index is 0.136. The van der Waals surface area contributed by atoms with E-state index in [9.17, 15) is 0 Å². The van der Waals surface area contributed by atoms with Crippen molar-refractivity contribution >= 4 is 16.7 Å². The van der Waals surface area contributed by atoms with Crippen LogP contribution < -0.4 is 10.6 Å². The molecule has 1 heterocycles. The molecular formula is C21H27N5O. The van der Waals surface area contributed by atoms with E-state index in [1.165, 1.54) is 16.3 Å². The third kappa shape index (κ3) is 4.84. The van der Waals surface area contributed by atoms with Crippen molar-refractivity contribution in [2.24, 2.45) is 4.99 Å². The number of aliphatic imine (C=N–C) groups is 1. The van der Waals surface area contributed by atoms with Crippen molar-refractivity contribution in [3.05, 3.63) is 59.7 Å². The summed E-state index contributed by atoms with van der Waals surface area (Å²) in [5.74, 6) is 2.41. The lowest BCUT2D eigenvalue weighted by Crippen LogP contribution is -2.39. The Kier molecular flexibility index (Phi) is 6.06. The van der Waals surface area contributed by atoms with Crippen LogP contribution in [-0.2, 0) is 6.42 Å². The highest BCUT2D eigenvalue weighted by Crippen LogP contribution is 2.20. The predicted molar refractivity (Wildman–Crippen MR) is 109 cm³/mol. The Morgan fingerprint density at radius 2 is 1.89 bits per heavy atom. The number of nitrogens with zero attached hydrogens (tertiary/aromatic N) is 3. The summed E-state index contributed by atoms with van der Waals surface area (Å²) in [5, 5.41) is 13.2. The third-order valence-corrected chi connectivity index (χ3v) is 4.48. The van der Waals surface area contributed by atoms with Crippen LogP contribution in [0.25, 0.3) is 10.8 Å². The van der Waals surface area contributed by atoms with Gasteiger partial charge in [0.2, 0.25) is 5.89 Å². The highest BCUT2D eigenvalue weighted by Gasteiger charge is 2.11. The zero-order valence-electron chi connectivity index (χ0n) is 16.4. The first kappa shape index (κ1) is 18.9. The Labute approximate surface area is 160 Å². The molecule has 0 saturated heterocycles. The van der Waals surface area contributed by atoms with Gasteiger partial charge in [-0.05, 0) is 29.3 Å². The Balaban J connectivity index is 1.55. The first-order valence-corrected chi connectivity index (χ1v) is 9.35. The maximum atomic E-state index is 5.27. The number of benzene rings is 2. The van der Waals surface area contributed by atoms with Gasteiger partial charge >= 0.3 is 0 Å². The number of aromatic nitrogens is 2. The number of hydrogen-bond acceptors (Lipinski definition) is 4. The van der Waals surface area contributed by atoms with Crippen LogP contribution in [0.3, 0.4) is 0 Å². The third-order valence-electron chi connectivity index (χ3n) is 4.48. The first-order chi connectivity index (χ1) is 13.1. The minimum atomic E-state index is 0.136. The van der Waals surface area contributed by atoms with Gasteiger partial charge in [-0.1, -0.05) is 55.4 Å². The topological polar surface area (TPSA) is 75.3 Å². The quantitative estimate of drug-likeness (QED) is 0.513. The molecule has 27 heavy (non-hydrogen) atoms. The van der Waals surface area contributed by atoms with Crippen LogP contribution in [0.4, 0.5) is 0 Å². The molecule has 6 heteroatoms. The van der Waals surface area contributed by atoms with Crippen LogP contribution in [0.5, 0.6) is 0 Å². The van der Waals surface area contributed by atoms with E-state index in [2.05, 4.69) is 75.2 Å². The SMILES string of the molecule is CN=C(NCCc1nc(C(C)C)no1)NC(C)c1ccc2ccccc2c1. The van der Waals surface area contributed by atoms with E-state index in [1.54, 1.807) is 7.05 Å². The molecule has 0 aliphatic heterocycles. The molecule has 0 bridgehead atoms. The van der Waals surface area contributed by atoms with E-state index in [0.717, 1.165) is 11.8 Å². The molecule has 0 spiro atoms. The standard InChI is InChI=1S/C21H27N5O/c1-14(2)20-25-19(27-26-20)11-12-23-21(22-4)24-15(3)17-10-9-16-7-5-6-8-18(16)13-17/h5-10,13-15H,11-12H2,1-4H3,(H2,22,23,24). The number of rotatable bonds is 6. The van der Waals surface area contributed by atoms with Crippen molar-refractivity contribution in [2.45, 2.75) is 39.2 Å². The molecule has 3 aromatic rings. The molecule has 2 aromatic carbocycles. The van der Waals surface area contributed by atoms with Crippen molar-refractivity contribution in [1.29, 1.82) is 0 Å². The lowest BCUT2D eigenvalue weighted by Gasteiger charge is -2.18. The first-order valence-electron chi connectivity index (χ1n) is 9.35. The largest absolute Gasteiger partial charge is 0.356 e. The van der Waals surface area contributed by atoms with Gasteiger partial charge in [-0.15, -0.1) is 0 Å². The van der Waals surface area contributed by atoms with Gasteiger partial charge in [-0.25, -0.2) is 0 Å². The van der Waals surface area contributed by atoms with Crippen molar-refractivity contribution in [1.82, 2.24) is 20.8 Å². The molecule has 142 valence electrons. The molecule has 3 rings (SSSR count). The Bertz CT molecular complexity index is 916. The minimum Gasteiger partial charge on any atom is -0.356 e. The fourth-order valence-corrected chi connectivity index (χ4v) is 2.85. The second-order valence-electron chi connectivity index (χ2n) is 6.92. The molecule has 1 aromatic heterocycles. The van der Waals surface area contributed by atoms with Crippen LogP contribution in [0, 0.1) is 0 Å². The number of guanidine groups is 1. The van der Waals surface area contributed by atoms with Crippen molar-refractivity contribution in [3.63, 3.8) is 0 Å². The van der Waals surface area contributed by atoms with E-state index in [1.807, 2.05) is 13.8 Å². The summed E-state index contributed by atoms with van der Waals surface area (Å²) in [6, 6.07) is 15.0. The zero-order valence-corrected chi connectivity index (χ0v) is 16.4. The molecule has 0 saturated carbocycles. The van der Waals surface area contributed by atoms with Crippen LogP contribution in [0.15, 0.2) is 52.0 Å². The maximum absolute atomic E-state index is 5.27. The lowest BCUT2D eigenvalue weighted by atomic mass is 10.0. The molecule has 1 unspecified atom stereocenters. The normalized spacial score (nSPS) is 13.1. The molecule has 0 fully saturated rings. The summed E-state index contributed by atoms with van der Waals surface area (Å²) in [5.41, 5.74) is 1.22. The van der Waals surface area contributed by atoms with Crippen LogP contribution >= 0.6 is 0 Å². The highest BCUT2D eigenvalue weighted by molar-refractivity contribution is 5.84. The zero-order chi connectivity index (χ0) is 19.2. The van der Waals surface area contributed by atoms with Gasteiger partial charge in [0, 0.05) is 25.9 Å². The van der Waals surface area contributed by atoms with Crippen molar-refractivity contribution in [3.8, 4) is 0 Å². The maximum Gasteiger partial charge on any atom is 0.228 e. The fourth-order valence-electron chi connectivity index (χ4n) is 2.85. The molecule has 0 amide bonds. The molecule has 0 aliphatic rings. The van der Waals surface area contributed by atoms with Crippen LogP contribution in [0.2, 0.25) is 0 Å². The van der Waals surface area contributed by atoms with Gasteiger partial charge in [-0.2, -0.15) is 4.98 Å². The average Bonchev–Trinajstić information content (AvgIpc) is 3.16. The summed E-state index contributed by atoms with van der Waals surface area (Å²) in [4.78, 5) is 8.70. The Hall–Kier alpha value is -2.89. The van der Waals surface area contributed by atoms with E-state index in [4.69, 9.17) is 4.52 Å². The predicted octanol–water partition coefficient (Wildman–Crippen LogP) is 3.81. The van der Waals surface area contributed by atoms with Crippen LogP contribution in [-0.4, -0.2) is 29.7 Å². The summed E-state index contributed by atoms with van der Waals surface area (Å²) >= 11 is 0. The monoisotopic (exact) mass is 365 g/mol. The van der Waals surface area contributed by atoms with Crippen molar-refractivity contribution in [2.75, 3.05) is 13.6 Å². The Morgan fingerprint density at radius 1 is 1.11 bits per heavy atom. The van der Waals surface area contributed by atoms with E-state index in [0.29, 0.717) is 18.9 Å². The highest BCUT2D eigenvalue weighted by atomic mass is 16.5. The lowest BCUT2D eigenvalue weighted by molar-refractivity contribution is 0.371. The van der Waals surface area contributed by atoms with Gasteiger partial charge in [0.15, 0.2) is 11.8 Å². The number of fused-ring (bicyclic) bond motifs is 1. The van der Waals surface area contributed by atoms with E-state index in [-0.39, 0.29) is 12.0 Å². The number of hydrogen-bond donors (Lipinski definition) is 2. The smallest absolute Gasteiger partial charge is 0.228 e. The molecule has 1 atom stereocenters. The molecule has 6 nitrogen and oxygen atoms in total. The molecular weight excluding hydrogens is 338 g/mol. The summed E-state index contributed by atoms with van der Waals surface area (Å²) in [7, 11) is 1.77. The number of nitrogens with one attached hydrogen (secondary N) is 2. The molecule has 0 radical (unpaired) electrons. The summed E-state index contributed by atoms with van der Waals surface area (Å²) in [6.07, 6.45) is 0.658. The second-order valence-corrected chi connectivity index (χ2v) is 6.92. The van der Waals surface area contributed by atoms with Gasteiger partial charge in [-0.3, -0.25) is 4.99 Å². The fraction of sp³-hybridized carbons (Fsp3) is 0.381. The van der Waals surface area contributed by atoms with Gasteiger partial charge in [0.25, 0.3) is 0 Å². The van der Waals surface area contributed by atoms with E-state index >= 15 is 0 Å². The van der Waals surface area contributed by atoms with Gasteiger partial charge in [0.1, 0.15) is 0 Å². The second kappa shape index (κ2) is 8.66. The van der Waals surface area contributed by atoms with Crippen molar-refractivity contribution < 1.29 is 4.52 Å². The Morgan fingerprint density at radius 3 is 2.59 bits per heavy atom. The van der Waals surface area contributed by atoms with Crippen LogP contribution in [0.1, 0.15) is 50.0 Å². The van der Waals surface area contributed by atoms with Gasteiger partial charge < -0.3 is 15.2 Å². The molecule has 0 aliphatic carbocycles. The summed E-state index contributed by atoms with van der Waals surface area (Å²) in [6.45, 7) is 6.90. The van der Waals surface area contributed by atoms with E-state index < -0.39 is 0 Å². The summed E-state index contributed by atoms with van der Waals surface area (Å²) < 4.78 is 5.27. The van der Waals surface area contributed by atoms with Gasteiger partial charge in [0.05, 0.1) is 6.04 Å². The average molecular weight is 365 g/mol.